The summed E-state index contributed by atoms with van der Waals surface area (Å²) in [5.74, 6) is -1.02. The van der Waals surface area contributed by atoms with E-state index in [1.807, 2.05) is 20.8 Å². The first-order chi connectivity index (χ1) is 6.32. The number of aromatic nitrogens is 1. The van der Waals surface area contributed by atoms with Crippen molar-refractivity contribution in [3.05, 3.63) is 28.5 Å². The molecule has 1 aromatic rings. The van der Waals surface area contributed by atoms with Gasteiger partial charge in [0.05, 0.1) is 5.02 Å². The standard InChI is InChI=1S/C10H12ClNO2/c1-10(2,3)7-4-6(11)5-12-8(7)9(13)14/h4-5H,1-3H3,(H,13,14). The molecule has 1 aromatic heterocycles. The molecule has 0 spiro atoms. The van der Waals surface area contributed by atoms with Crippen LogP contribution in [0.4, 0.5) is 0 Å². The van der Waals surface area contributed by atoms with Gasteiger partial charge in [0.2, 0.25) is 0 Å². The zero-order valence-corrected chi connectivity index (χ0v) is 9.09. The Balaban J connectivity index is 3.38. The molecular formula is C10H12ClNO2. The summed E-state index contributed by atoms with van der Waals surface area (Å²) < 4.78 is 0. The van der Waals surface area contributed by atoms with Gasteiger partial charge in [-0.1, -0.05) is 32.4 Å². The number of halogens is 1. The molecule has 3 nitrogen and oxygen atoms in total. The fourth-order valence-electron chi connectivity index (χ4n) is 1.18. The van der Waals surface area contributed by atoms with Crippen molar-refractivity contribution in [3.63, 3.8) is 0 Å². The van der Waals surface area contributed by atoms with Gasteiger partial charge < -0.3 is 5.11 Å². The topological polar surface area (TPSA) is 50.2 Å². The second-order valence-electron chi connectivity index (χ2n) is 4.10. The SMILES string of the molecule is CC(C)(C)c1cc(Cl)cnc1C(=O)O. The number of pyridine rings is 1. The fraction of sp³-hybridized carbons (Fsp3) is 0.400. The van der Waals surface area contributed by atoms with Crippen molar-refractivity contribution in [3.8, 4) is 0 Å². The van der Waals surface area contributed by atoms with E-state index in [4.69, 9.17) is 16.7 Å². The predicted octanol–water partition coefficient (Wildman–Crippen LogP) is 2.73. The minimum absolute atomic E-state index is 0.0712. The van der Waals surface area contributed by atoms with E-state index >= 15 is 0 Å². The van der Waals surface area contributed by atoms with Gasteiger partial charge in [-0.2, -0.15) is 0 Å². The molecule has 1 heterocycles. The average Bonchev–Trinajstić information content (AvgIpc) is 2.01. The summed E-state index contributed by atoms with van der Waals surface area (Å²) >= 11 is 5.77. The molecule has 0 unspecified atom stereocenters. The molecule has 0 amide bonds. The number of carboxylic acid groups (broad SMARTS) is 1. The van der Waals surface area contributed by atoms with Crippen molar-refractivity contribution in [1.29, 1.82) is 0 Å². The average molecular weight is 214 g/mol. The summed E-state index contributed by atoms with van der Waals surface area (Å²) in [7, 11) is 0. The Bertz CT molecular complexity index is 369. The van der Waals surface area contributed by atoms with Crippen molar-refractivity contribution < 1.29 is 9.90 Å². The van der Waals surface area contributed by atoms with E-state index in [9.17, 15) is 4.79 Å². The number of nitrogens with zero attached hydrogens (tertiary/aromatic N) is 1. The Labute approximate surface area is 87.7 Å². The van der Waals surface area contributed by atoms with Crippen molar-refractivity contribution in [2.75, 3.05) is 0 Å². The molecular weight excluding hydrogens is 202 g/mol. The third-order valence-electron chi connectivity index (χ3n) is 1.86. The van der Waals surface area contributed by atoms with E-state index in [0.717, 1.165) is 0 Å². The van der Waals surface area contributed by atoms with Crippen LogP contribution in [0.2, 0.25) is 5.02 Å². The van der Waals surface area contributed by atoms with Crippen LogP contribution in [0.1, 0.15) is 36.8 Å². The zero-order valence-electron chi connectivity index (χ0n) is 8.34. The molecule has 0 aliphatic rings. The second kappa shape index (κ2) is 3.58. The quantitative estimate of drug-likeness (QED) is 0.781. The molecule has 4 heteroatoms. The van der Waals surface area contributed by atoms with Gasteiger partial charge in [0.1, 0.15) is 0 Å². The highest BCUT2D eigenvalue weighted by Gasteiger charge is 2.22. The van der Waals surface area contributed by atoms with Crippen LogP contribution in [0.25, 0.3) is 0 Å². The number of hydrogen-bond donors (Lipinski definition) is 1. The van der Waals surface area contributed by atoms with Gasteiger partial charge in [-0.15, -0.1) is 0 Å². The van der Waals surface area contributed by atoms with Crippen LogP contribution in [-0.2, 0) is 5.41 Å². The Hall–Kier alpha value is -1.09. The maximum atomic E-state index is 10.9. The molecule has 1 N–H and O–H groups in total. The van der Waals surface area contributed by atoms with Crippen molar-refractivity contribution in [2.45, 2.75) is 26.2 Å². The van der Waals surface area contributed by atoms with E-state index in [2.05, 4.69) is 4.98 Å². The minimum Gasteiger partial charge on any atom is -0.477 e. The lowest BCUT2D eigenvalue weighted by atomic mass is 9.86. The lowest BCUT2D eigenvalue weighted by Gasteiger charge is -2.20. The van der Waals surface area contributed by atoms with Crippen LogP contribution in [0.3, 0.4) is 0 Å². The number of hydrogen-bond acceptors (Lipinski definition) is 2. The molecule has 0 aromatic carbocycles. The Kier molecular flexibility index (Phi) is 2.81. The third kappa shape index (κ3) is 2.23. The number of carboxylic acids is 1. The molecule has 0 radical (unpaired) electrons. The first kappa shape index (κ1) is 11.0. The first-order valence-corrected chi connectivity index (χ1v) is 4.59. The second-order valence-corrected chi connectivity index (χ2v) is 4.54. The predicted molar refractivity (Wildman–Crippen MR) is 54.9 cm³/mol. The molecule has 0 fully saturated rings. The highest BCUT2D eigenvalue weighted by atomic mass is 35.5. The van der Waals surface area contributed by atoms with Crippen molar-refractivity contribution in [1.82, 2.24) is 4.98 Å². The minimum atomic E-state index is -1.02. The summed E-state index contributed by atoms with van der Waals surface area (Å²) in [5.41, 5.74) is 0.449. The molecule has 1 rings (SSSR count). The zero-order chi connectivity index (χ0) is 10.9. The van der Waals surface area contributed by atoms with Crippen LogP contribution >= 0.6 is 11.6 Å². The van der Waals surface area contributed by atoms with Gasteiger partial charge in [-0.25, -0.2) is 9.78 Å². The largest absolute Gasteiger partial charge is 0.477 e. The maximum Gasteiger partial charge on any atom is 0.354 e. The first-order valence-electron chi connectivity index (χ1n) is 4.21. The van der Waals surface area contributed by atoms with Crippen LogP contribution in [0.15, 0.2) is 12.3 Å². The molecule has 0 aliphatic carbocycles. The monoisotopic (exact) mass is 213 g/mol. The van der Waals surface area contributed by atoms with E-state index in [0.29, 0.717) is 10.6 Å². The molecule has 14 heavy (non-hydrogen) atoms. The van der Waals surface area contributed by atoms with Crippen LogP contribution in [0.5, 0.6) is 0 Å². The van der Waals surface area contributed by atoms with Crippen LogP contribution in [0, 0.1) is 0 Å². The van der Waals surface area contributed by atoms with Gasteiger partial charge in [0.15, 0.2) is 5.69 Å². The van der Waals surface area contributed by atoms with Gasteiger partial charge in [-0.05, 0) is 17.0 Å². The lowest BCUT2D eigenvalue weighted by Crippen LogP contribution is -2.18. The summed E-state index contributed by atoms with van der Waals surface area (Å²) in [4.78, 5) is 14.7. The van der Waals surface area contributed by atoms with Crippen molar-refractivity contribution >= 4 is 17.6 Å². The summed E-state index contributed by atoms with van der Waals surface area (Å²) in [6, 6.07) is 1.65. The Morgan fingerprint density at radius 1 is 1.50 bits per heavy atom. The fourth-order valence-corrected chi connectivity index (χ4v) is 1.34. The molecule has 0 bridgehead atoms. The van der Waals surface area contributed by atoms with E-state index in [-0.39, 0.29) is 11.1 Å². The van der Waals surface area contributed by atoms with Gasteiger partial charge in [-0.3, -0.25) is 0 Å². The van der Waals surface area contributed by atoms with E-state index in [1.165, 1.54) is 6.20 Å². The smallest absolute Gasteiger partial charge is 0.354 e. The normalized spacial score (nSPS) is 11.4. The third-order valence-corrected chi connectivity index (χ3v) is 2.07. The lowest BCUT2D eigenvalue weighted by molar-refractivity contribution is 0.0687. The molecule has 0 saturated heterocycles. The van der Waals surface area contributed by atoms with Crippen LogP contribution in [-0.4, -0.2) is 16.1 Å². The summed E-state index contributed by atoms with van der Waals surface area (Å²) in [6.07, 6.45) is 1.35. The van der Waals surface area contributed by atoms with Gasteiger partial charge in [0.25, 0.3) is 0 Å². The Morgan fingerprint density at radius 3 is 2.50 bits per heavy atom. The van der Waals surface area contributed by atoms with Crippen molar-refractivity contribution in [2.24, 2.45) is 0 Å². The van der Waals surface area contributed by atoms with Gasteiger partial charge in [0, 0.05) is 6.20 Å². The van der Waals surface area contributed by atoms with Crippen LogP contribution < -0.4 is 0 Å². The van der Waals surface area contributed by atoms with Gasteiger partial charge >= 0.3 is 5.97 Å². The summed E-state index contributed by atoms with van der Waals surface area (Å²) in [5, 5.41) is 9.37. The number of carbonyl (C=O) groups is 1. The van der Waals surface area contributed by atoms with E-state index < -0.39 is 5.97 Å². The number of rotatable bonds is 1. The molecule has 76 valence electrons. The maximum absolute atomic E-state index is 10.9. The molecule has 0 saturated carbocycles. The van der Waals surface area contributed by atoms with E-state index in [1.54, 1.807) is 6.07 Å². The molecule has 0 atom stereocenters. The number of aromatic carboxylic acids is 1. The highest BCUT2D eigenvalue weighted by Crippen LogP contribution is 2.26. The Morgan fingerprint density at radius 2 is 2.07 bits per heavy atom. The molecule has 0 aliphatic heterocycles. The highest BCUT2D eigenvalue weighted by molar-refractivity contribution is 6.30. The summed E-state index contributed by atoms with van der Waals surface area (Å²) in [6.45, 7) is 5.77.